The van der Waals surface area contributed by atoms with Gasteiger partial charge in [-0.1, -0.05) is 0 Å². The maximum atomic E-state index is 10.5. The fourth-order valence-electron chi connectivity index (χ4n) is 0.561. The molecule has 0 fully saturated rings. The summed E-state index contributed by atoms with van der Waals surface area (Å²) in [4.78, 5) is 25.2. The molecule has 0 heterocycles. The maximum absolute atomic E-state index is 10.5. The number of carboxylic acids is 1. The van der Waals surface area contributed by atoms with Gasteiger partial charge in [0.25, 0.3) is 0 Å². The lowest BCUT2D eigenvalue weighted by molar-refractivity contribution is -0.260. The summed E-state index contributed by atoms with van der Waals surface area (Å²) in [6, 6.07) is -1.21. The summed E-state index contributed by atoms with van der Waals surface area (Å²) < 4.78 is 0.0672. The lowest BCUT2D eigenvalue weighted by Crippen LogP contribution is -2.43. The Bertz CT molecular complexity index is 197. The van der Waals surface area contributed by atoms with E-state index in [1.807, 2.05) is 0 Å². The van der Waals surface area contributed by atoms with Gasteiger partial charge in [-0.3, -0.25) is 14.8 Å². The van der Waals surface area contributed by atoms with Gasteiger partial charge in [0.2, 0.25) is 5.91 Å². The highest BCUT2D eigenvalue weighted by molar-refractivity contribution is 7.77. The molecule has 0 radical (unpaired) electrons. The monoisotopic (exact) mass is 210 g/mol. The number of nitrogens with zero attached hydrogens (tertiary/aromatic N) is 1. The van der Waals surface area contributed by atoms with Crippen LogP contribution in [0.1, 0.15) is 6.92 Å². The average Bonchev–Trinajstić information content (AvgIpc) is 1.96. The van der Waals surface area contributed by atoms with Gasteiger partial charge < -0.3 is 10.4 Å². The summed E-state index contributed by atoms with van der Waals surface area (Å²) in [6.45, 7) is 0.766. The van der Waals surface area contributed by atoms with E-state index in [0.717, 1.165) is 0 Å². The van der Waals surface area contributed by atoms with Crippen LogP contribution in [0.25, 0.3) is 0 Å². The molecule has 1 amide bonds. The molecule has 0 spiro atoms. The minimum absolute atomic E-state index is 0.0672. The van der Waals surface area contributed by atoms with Crippen LogP contribution in [0.2, 0.25) is 0 Å². The van der Waals surface area contributed by atoms with Gasteiger partial charge in [-0.2, -0.15) is 0 Å². The number of carbonyl (C=O) groups is 2. The highest BCUT2D eigenvalue weighted by Crippen LogP contribution is 1.92. The van der Waals surface area contributed by atoms with E-state index in [1.54, 1.807) is 0 Å². The highest BCUT2D eigenvalue weighted by Gasteiger charge is 2.19. The van der Waals surface area contributed by atoms with Crippen molar-refractivity contribution in [3.05, 3.63) is 0 Å². The van der Waals surface area contributed by atoms with Crippen molar-refractivity contribution >= 4 is 24.7 Å². The topological polar surface area (TPSA) is 99.1 Å². The summed E-state index contributed by atoms with van der Waals surface area (Å²) in [5.41, 5.74) is 0. The van der Waals surface area contributed by atoms with E-state index in [9.17, 15) is 9.59 Å². The Morgan fingerprint density at radius 2 is 2.23 bits per heavy atom. The molecule has 0 aromatic heterocycles. The molecule has 13 heavy (non-hydrogen) atoms. The number of carbonyl (C=O) groups excluding carboxylic acids is 1. The zero-order valence-electron chi connectivity index (χ0n) is 6.80. The fourth-order valence-corrected chi connectivity index (χ4v) is 0.628. The van der Waals surface area contributed by atoms with E-state index in [1.165, 1.54) is 6.92 Å². The van der Waals surface area contributed by atoms with Crippen molar-refractivity contribution in [2.45, 2.75) is 13.0 Å². The number of thiol groups is 1. The standard InChI is InChI=1S/C5H10N2O5S/c1-3(8)6-4(5(9)10)2-12-7(11)13/h4,11,13H,2H2,1H3,(H,6,8)(H,9,10). The van der Waals surface area contributed by atoms with Gasteiger partial charge in [0, 0.05) is 6.92 Å². The van der Waals surface area contributed by atoms with Crippen LogP contribution in [0, 0.1) is 0 Å². The van der Waals surface area contributed by atoms with Crippen LogP contribution in [-0.2, 0) is 14.4 Å². The SMILES string of the molecule is CC(=O)NC(CON(O)S)C(=O)O. The van der Waals surface area contributed by atoms with Crippen molar-refractivity contribution in [1.82, 2.24) is 9.95 Å². The Balaban J connectivity index is 3.95. The molecule has 0 bridgehead atoms. The molecule has 0 saturated carbocycles. The Morgan fingerprint density at radius 1 is 1.69 bits per heavy atom. The Kier molecular flexibility index (Phi) is 5.39. The third-order valence-corrected chi connectivity index (χ3v) is 1.15. The van der Waals surface area contributed by atoms with Crippen LogP contribution < -0.4 is 5.32 Å². The largest absolute Gasteiger partial charge is 0.480 e. The first-order valence-electron chi connectivity index (χ1n) is 3.24. The highest BCUT2D eigenvalue weighted by atomic mass is 32.1. The minimum Gasteiger partial charge on any atom is -0.480 e. The average molecular weight is 210 g/mol. The van der Waals surface area contributed by atoms with Crippen LogP contribution in [0.15, 0.2) is 0 Å². The first-order valence-corrected chi connectivity index (χ1v) is 3.64. The number of aliphatic carboxylic acids is 1. The Morgan fingerprint density at radius 3 is 2.54 bits per heavy atom. The van der Waals surface area contributed by atoms with Crippen LogP contribution in [0.3, 0.4) is 0 Å². The van der Waals surface area contributed by atoms with E-state index < -0.39 is 24.5 Å². The summed E-state index contributed by atoms with van der Waals surface area (Å²) in [7, 11) is 0. The summed E-state index contributed by atoms with van der Waals surface area (Å²) in [5, 5.41) is 19.0. The molecule has 0 aliphatic heterocycles. The van der Waals surface area contributed by atoms with Gasteiger partial charge in [0.05, 0.1) is 0 Å². The normalized spacial score (nSPS) is 12.6. The number of hydrogen-bond acceptors (Lipinski definition) is 6. The second-order valence-corrected chi connectivity index (χ2v) is 2.48. The first-order chi connectivity index (χ1) is 5.93. The molecule has 0 saturated heterocycles. The Hall–Kier alpha value is -0.830. The second-order valence-electron chi connectivity index (χ2n) is 2.14. The molecule has 0 aliphatic rings. The van der Waals surface area contributed by atoms with Crippen LogP contribution in [0.4, 0.5) is 0 Å². The smallest absolute Gasteiger partial charge is 0.328 e. The number of carboxylic acid groups (broad SMARTS) is 1. The van der Waals surface area contributed by atoms with Crippen molar-refractivity contribution in [1.29, 1.82) is 0 Å². The van der Waals surface area contributed by atoms with Crippen molar-refractivity contribution in [3.63, 3.8) is 0 Å². The van der Waals surface area contributed by atoms with Gasteiger partial charge in [-0.05, 0) is 17.4 Å². The maximum Gasteiger partial charge on any atom is 0.328 e. The molecule has 0 aliphatic carbocycles. The van der Waals surface area contributed by atoms with Gasteiger partial charge in [-0.25, -0.2) is 4.79 Å². The van der Waals surface area contributed by atoms with Crippen LogP contribution in [-0.4, -0.2) is 39.5 Å². The van der Waals surface area contributed by atoms with Crippen molar-refractivity contribution in [3.8, 4) is 0 Å². The summed E-state index contributed by atoms with van der Waals surface area (Å²) in [6.07, 6.45) is 0. The number of hydrogen-bond donors (Lipinski definition) is 4. The van der Waals surface area contributed by atoms with Crippen LogP contribution in [0.5, 0.6) is 0 Å². The summed E-state index contributed by atoms with van der Waals surface area (Å²) in [5.74, 6) is -1.76. The van der Waals surface area contributed by atoms with Crippen molar-refractivity contribution in [2.75, 3.05) is 6.61 Å². The number of rotatable bonds is 5. The first kappa shape index (κ1) is 12.2. The molecular weight excluding hydrogens is 200 g/mol. The molecule has 7 nitrogen and oxygen atoms in total. The third-order valence-electron chi connectivity index (χ3n) is 1.03. The minimum atomic E-state index is -1.26. The van der Waals surface area contributed by atoms with E-state index >= 15 is 0 Å². The van der Waals surface area contributed by atoms with Gasteiger partial charge >= 0.3 is 5.97 Å². The molecule has 1 unspecified atom stereocenters. The zero-order chi connectivity index (χ0) is 10.4. The van der Waals surface area contributed by atoms with E-state index in [2.05, 4.69) is 23.0 Å². The van der Waals surface area contributed by atoms with Gasteiger partial charge in [0.15, 0.2) is 6.04 Å². The van der Waals surface area contributed by atoms with Gasteiger partial charge in [0.1, 0.15) is 6.61 Å². The Labute approximate surface area is 79.7 Å². The van der Waals surface area contributed by atoms with E-state index in [4.69, 9.17) is 10.3 Å². The second kappa shape index (κ2) is 5.75. The quantitative estimate of drug-likeness (QED) is 0.344. The summed E-state index contributed by atoms with van der Waals surface area (Å²) >= 11 is 3.29. The lowest BCUT2D eigenvalue weighted by atomic mass is 10.3. The van der Waals surface area contributed by atoms with E-state index in [0.29, 0.717) is 0 Å². The molecule has 8 heteroatoms. The van der Waals surface area contributed by atoms with Crippen LogP contribution >= 0.6 is 12.8 Å². The van der Waals surface area contributed by atoms with E-state index in [-0.39, 0.29) is 4.63 Å². The van der Waals surface area contributed by atoms with Crippen molar-refractivity contribution < 1.29 is 24.7 Å². The predicted molar refractivity (Wildman–Crippen MR) is 43.8 cm³/mol. The molecule has 76 valence electrons. The fraction of sp³-hybridized carbons (Fsp3) is 0.600. The van der Waals surface area contributed by atoms with Crippen molar-refractivity contribution in [2.24, 2.45) is 0 Å². The predicted octanol–water partition coefficient (Wildman–Crippen LogP) is -0.957. The molecule has 3 N–H and O–H groups in total. The molecule has 0 aromatic carbocycles. The molecular formula is C5H10N2O5S. The lowest BCUT2D eigenvalue weighted by Gasteiger charge is -2.14. The molecule has 0 rings (SSSR count). The zero-order valence-corrected chi connectivity index (χ0v) is 7.69. The number of nitrogens with one attached hydrogen (secondary N) is 1. The van der Waals surface area contributed by atoms with Gasteiger partial charge in [-0.15, -0.1) is 0 Å². The molecule has 1 atom stereocenters. The number of amides is 1. The third kappa shape index (κ3) is 6.34. The molecule has 0 aromatic rings.